The first-order valence-electron chi connectivity index (χ1n) is 10.0. The summed E-state index contributed by atoms with van der Waals surface area (Å²) in [6.45, 7) is 1.82. The smallest absolute Gasteiger partial charge is 0.359 e. The Morgan fingerprint density at radius 2 is 1.03 bits per heavy atom. The first-order valence-corrected chi connectivity index (χ1v) is 13.6. The molecule has 5 aromatic rings. The molecule has 0 saturated carbocycles. The van der Waals surface area contributed by atoms with E-state index in [0.29, 0.717) is 0 Å². The molecular weight excluding hydrogens is 531 g/mol. The Morgan fingerprint density at radius 3 is 1.50 bits per heavy atom. The highest BCUT2D eigenvalue weighted by molar-refractivity contribution is 7.85. The van der Waals surface area contributed by atoms with Crippen molar-refractivity contribution in [1.82, 2.24) is 0 Å². The molecule has 0 bridgehead atoms. The summed E-state index contributed by atoms with van der Waals surface area (Å²) in [5.41, 5.74) is 0.928. The van der Waals surface area contributed by atoms with Crippen molar-refractivity contribution < 1.29 is 34.2 Å². The van der Waals surface area contributed by atoms with Crippen molar-refractivity contribution in [3.05, 3.63) is 122 Å². The fourth-order valence-electron chi connectivity index (χ4n) is 3.35. The topological polar surface area (TPSA) is 57.2 Å². The molecule has 0 saturated heterocycles. The van der Waals surface area contributed by atoms with Crippen LogP contribution in [0.15, 0.2) is 114 Å². The normalized spacial score (nSPS) is 11.2. The van der Waals surface area contributed by atoms with Gasteiger partial charge in [0.1, 0.15) is 10.1 Å². The van der Waals surface area contributed by atoms with E-state index in [0.717, 1.165) is 5.56 Å². The third-order valence-electron chi connectivity index (χ3n) is 4.99. The van der Waals surface area contributed by atoms with Gasteiger partial charge in [-0.25, -0.2) is 8.42 Å². The van der Waals surface area contributed by atoms with E-state index < -0.39 is 10.1 Å². The molecule has 0 unspecified atom stereocenters. The van der Waals surface area contributed by atoms with Crippen molar-refractivity contribution in [2.45, 2.75) is 11.8 Å². The van der Waals surface area contributed by atoms with Gasteiger partial charge in [0.2, 0.25) is 7.14 Å². The van der Waals surface area contributed by atoms with Gasteiger partial charge in [-0.3, -0.25) is 0 Å². The summed E-state index contributed by atoms with van der Waals surface area (Å²) in [6.07, 6.45) is 0. The minimum atomic E-state index is -4.27. The monoisotopic (exact) mass is 552 g/mol. The van der Waals surface area contributed by atoms with Gasteiger partial charge in [0, 0.05) is 10.8 Å². The molecule has 0 aliphatic rings. The van der Waals surface area contributed by atoms with Crippen LogP contribution < -0.4 is 21.2 Å². The lowest BCUT2D eigenvalue weighted by Gasteiger charge is -2.05. The average Bonchev–Trinajstić information content (AvgIpc) is 2.80. The molecule has 0 aliphatic heterocycles. The van der Waals surface area contributed by atoms with Gasteiger partial charge >= 0.3 is 21.2 Å². The summed E-state index contributed by atoms with van der Waals surface area (Å²) in [5.74, 6) is 0. The maximum absolute atomic E-state index is 10.4. The fraction of sp³-hybridized carbons (Fsp3) is 0.0370. The van der Waals surface area contributed by atoms with Gasteiger partial charge in [-0.15, -0.1) is 0 Å². The van der Waals surface area contributed by atoms with E-state index in [1.165, 1.54) is 40.8 Å². The second-order valence-electron chi connectivity index (χ2n) is 7.28. The Bertz CT molecular complexity index is 1390. The van der Waals surface area contributed by atoms with Crippen LogP contribution in [0.2, 0.25) is 0 Å². The van der Waals surface area contributed by atoms with Crippen LogP contribution in [-0.4, -0.2) is 13.0 Å². The molecule has 0 heterocycles. The molecule has 5 aromatic carbocycles. The Labute approximate surface area is 198 Å². The van der Waals surface area contributed by atoms with Crippen LogP contribution in [0.5, 0.6) is 0 Å². The summed E-state index contributed by atoms with van der Waals surface area (Å²) >= 11 is -0.176. The van der Waals surface area contributed by atoms with Crippen LogP contribution in [-0.2, 0) is 10.1 Å². The molecule has 0 radical (unpaired) electrons. The third-order valence-corrected chi connectivity index (χ3v) is 8.88. The van der Waals surface area contributed by atoms with Gasteiger partial charge in [-0.05, 0) is 54.1 Å². The highest BCUT2D eigenvalue weighted by Crippen LogP contribution is 2.14. The summed E-state index contributed by atoms with van der Waals surface area (Å²) in [4.78, 5) is -0.178. The highest BCUT2D eigenvalue weighted by Gasteiger charge is 2.20. The Kier molecular flexibility index (Phi) is 6.89. The van der Waals surface area contributed by atoms with Crippen molar-refractivity contribution in [3.63, 3.8) is 0 Å². The van der Waals surface area contributed by atoms with E-state index in [4.69, 9.17) is 0 Å². The summed E-state index contributed by atoms with van der Waals surface area (Å²) in [5, 5.41) is 5.49. The van der Waals surface area contributed by atoms with Crippen molar-refractivity contribution in [2.75, 3.05) is 0 Å². The number of hydrogen-bond acceptors (Lipinski definition) is 3. The molecule has 0 atom stereocenters. The first kappa shape index (κ1) is 22.5. The molecule has 32 heavy (non-hydrogen) atoms. The van der Waals surface area contributed by atoms with Gasteiger partial charge in [-0.1, -0.05) is 78.4 Å². The van der Waals surface area contributed by atoms with E-state index in [1.54, 1.807) is 12.1 Å². The number of fused-ring (bicyclic) bond motifs is 2. The second kappa shape index (κ2) is 9.81. The Balaban J connectivity index is 0.000000189. The number of halogens is 1. The largest absolute Gasteiger partial charge is 0.744 e. The molecular formula is C27H21IO3S. The molecule has 0 fully saturated rings. The molecule has 0 aliphatic carbocycles. The lowest BCUT2D eigenvalue weighted by atomic mass is 10.1. The quantitative estimate of drug-likeness (QED) is 0.256. The number of hydrogen-bond donors (Lipinski definition) is 0. The zero-order chi connectivity index (χ0) is 22.6. The standard InChI is InChI=1S/C20H14I.C7H8O3S/c1-3-11-17-15(7-1)9-5-13-19(17)21-20-14-6-10-16-8-2-4-12-18(16)20;1-6-2-4-7(5-3-6)11(8,9)10/h1-14H;2-5H,1H3,(H,8,9,10)/q+1;/p-1. The van der Waals surface area contributed by atoms with Gasteiger partial charge in [0.25, 0.3) is 0 Å². The minimum Gasteiger partial charge on any atom is -0.744 e. The zero-order valence-corrected chi connectivity index (χ0v) is 20.4. The second-order valence-corrected chi connectivity index (χ2v) is 11.5. The predicted molar refractivity (Wildman–Crippen MR) is 124 cm³/mol. The third kappa shape index (κ3) is 5.35. The average molecular weight is 552 g/mol. The van der Waals surface area contributed by atoms with Crippen LogP contribution in [0.1, 0.15) is 5.56 Å². The molecule has 0 aromatic heterocycles. The Morgan fingerprint density at radius 1 is 0.594 bits per heavy atom. The predicted octanol–water partition coefficient (Wildman–Crippen LogP) is 3.02. The van der Waals surface area contributed by atoms with Crippen molar-refractivity contribution in [2.24, 2.45) is 0 Å². The fourth-order valence-corrected chi connectivity index (χ4v) is 6.78. The molecule has 160 valence electrons. The minimum absolute atomic E-state index is 0.176. The van der Waals surface area contributed by atoms with E-state index in [-0.39, 0.29) is 26.1 Å². The number of rotatable bonds is 3. The SMILES string of the molecule is Cc1ccc(S(=O)(=O)[O-])cc1.c1ccc2c([I+]c3cccc4ccccc34)cccc2c1. The van der Waals surface area contributed by atoms with Crippen LogP contribution in [0.3, 0.4) is 0 Å². The van der Waals surface area contributed by atoms with Crippen LogP contribution in [0.25, 0.3) is 21.5 Å². The van der Waals surface area contributed by atoms with E-state index in [2.05, 4.69) is 84.9 Å². The zero-order valence-electron chi connectivity index (χ0n) is 17.4. The van der Waals surface area contributed by atoms with Gasteiger partial charge in [0.05, 0.1) is 4.90 Å². The Hall–Kier alpha value is -2.74. The molecule has 0 spiro atoms. The van der Waals surface area contributed by atoms with E-state index in [1.807, 2.05) is 6.92 Å². The maximum Gasteiger partial charge on any atom is 0.359 e. The van der Waals surface area contributed by atoms with Crippen molar-refractivity contribution in [3.8, 4) is 0 Å². The van der Waals surface area contributed by atoms with Crippen LogP contribution in [0, 0.1) is 14.1 Å². The summed E-state index contributed by atoms with van der Waals surface area (Å²) in [7, 11) is -4.27. The number of aryl methyl sites for hydroxylation is 1. The van der Waals surface area contributed by atoms with Gasteiger partial charge in [0.15, 0.2) is 0 Å². The first-order chi connectivity index (χ1) is 15.4. The van der Waals surface area contributed by atoms with Gasteiger partial charge < -0.3 is 4.55 Å². The van der Waals surface area contributed by atoms with Crippen LogP contribution in [0.4, 0.5) is 0 Å². The number of benzene rings is 5. The van der Waals surface area contributed by atoms with Gasteiger partial charge in [-0.2, -0.15) is 0 Å². The van der Waals surface area contributed by atoms with Crippen molar-refractivity contribution >= 4 is 31.7 Å². The maximum atomic E-state index is 10.4. The molecule has 0 amide bonds. The molecule has 3 nitrogen and oxygen atoms in total. The molecule has 5 heteroatoms. The summed E-state index contributed by atoms with van der Waals surface area (Å²) < 4.78 is 34.2. The van der Waals surface area contributed by atoms with E-state index >= 15 is 0 Å². The molecule has 5 rings (SSSR count). The lowest BCUT2D eigenvalue weighted by Crippen LogP contribution is -3.61. The van der Waals surface area contributed by atoms with Crippen LogP contribution >= 0.6 is 0 Å². The highest BCUT2D eigenvalue weighted by atomic mass is 127. The summed E-state index contributed by atoms with van der Waals surface area (Å²) in [6, 6.07) is 36.5. The van der Waals surface area contributed by atoms with Crippen molar-refractivity contribution in [1.29, 1.82) is 0 Å². The lowest BCUT2D eigenvalue weighted by molar-refractivity contribution is -0.592. The molecule has 0 N–H and O–H groups in total. The van der Waals surface area contributed by atoms with E-state index in [9.17, 15) is 13.0 Å².